The molecule has 3 aromatic rings. The summed E-state index contributed by atoms with van der Waals surface area (Å²) in [6.45, 7) is 2.55. The topological polar surface area (TPSA) is 84.6 Å². The number of methoxy groups -OCH3 is 1. The second-order valence-electron chi connectivity index (χ2n) is 6.90. The van der Waals surface area contributed by atoms with E-state index in [1.54, 1.807) is 11.6 Å². The fraction of sp³-hybridized carbons (Fsp3) is 0.400. The van der Waals surface area contributed by atoms with Crippen molar-refractivity contribution in [3.8, 4) is 5.75 Å². The van der Waals surface area contributed by atoms with E-state index in [0.29, 0.717) is 30.9 Å². The third kappa shape index (κ3) is 4.05. The molecule has 0 aliphatic carbocycles. The number of ether oxygens (including phenoxy) is 1. The molecule has 2 aromatic heterocycles. The number of rotatable bonds is 7. The zero-order chi connectivity index (χ0) is 19.3. The standard InChI is InChI=1S/C20H24N6O2/c1-28-16-6-4-15(5-7-16)14-21-20(27)11-10-18-23-22-17-8-9-19(24-26(17)18)25-12-2-3-13-25/h4-9H,2-3,10-14H2,1H3,(H,21,27). The van der Waals surface area contributed by atoms with Crippen LogP contribution < -0.4 is 15.0 Å². The highest BCUT2D eigenvalue weighted by Gasteiger charge is 2.16. The van der Waals surface area contributed by atoms with Crippen LogP contribution in [0, 0.1) is 0 Å². The van der Waals surface area contributed by atoms with Gasteiger partial charge in [0.25, 0.3) is 0 Å². The average Bonchev–Trinajstić information content (AvgIpc) is 3.40. The number of fused-ring (bicyclic) bond motifs is 1. The summed E-state index contributed by atoms with van der Waals surface area (Å²) in [5.41, 5.74) is 1.73. The van der Waals surface area contributed by atoms with Crippen molar-refractivity contribution in [3.63, 3.8) is 0 Å². The SMILES string of the molecule is COc1ccc(CNC(=O)CCc2nnc3ccc(N4CCCC4)nn23)cc1. The van der Waals surface area contributed by atoms with Gasteiger partial charge in [0, 0.05) is 32.5 Å². The van der Waals surface area contributed by atoms with E-state index in [1.807, 2.05) is 36.4 Å². The molecular weight excluding hydrogens is 356 g/mol. The number of aryl methyl sites for hydroxylation is 1. The molecule has 8 nitrogen and oxygen atoms in total. The lowest BCUT2D eigenvalue weighted by Gasteiger charge is -2.15. The molecule has 0 bridgehead atoms. The van der Waals surface area contributed by atoms with E-state index >= 15 is 0 Å². The Balaban J connectivity index is 1.35. The van der Waals surface area contributed by atoms with Gasteiger partial charge < -0.3 is 15.0 Å². The third-order valence-electron chi connectivity index (χ3n) is 4.97. The summed E-state index contributed by atoms with van der Waals surface area (Å²) in [5.74, 6) is 2.42. The van der Waals surface area contributed by atoms with Crippen molar-refractivity contribution in [2.45, 2.75) is 32.2 Å². The molecule has 1 aromatic carbocycles. The zero-order valence-electron chi connectivity index (χ0n) is 16.0. The summed E-state index contributed by atoms with van der Waals surface area (Å²) in [4.78, 5) is 14.5. The maximum Gasteiger partial charge on any atom is 0.220 e. The first-order valence-corrected chi connectivity index (χ1v) is 9.59. The van der Waals surface area contributed by atoms with Crippen LogP contribution in [0.5, 0.6) is 5.75 Å². The largest absolute Gasteiger partial charge is 0.497 e. The van der Waals surface area contributed by atoms with Crippen molar-refractivity contribution in [1.82, 2.24) is 25.1 Å². The van der Waals surface area contributed by atoms with E-state index in [1.165, 1.54) is 12.8 Å². The van der Waals surface area contributed by atoms with Crippen LogP contribution in [-0.4, -0.2) is 45.9 Å². The summed E-state index contributed by atoms with van der Waals surface area (Å²) in [6, 6.07) is 11.6. The van der Waals surface area contributed by atoms with Gasteiger partial charge in [-0.1, -0.05) is 12.1 Å². The number of benzene rings is 1. The Kier molecular flexibility index (Phi) is 5.36. The maximum absolute atomic E-state index is 12.2. The summed E-state index contributed by atoms with van der Waals surface area (Å²) < 4.78 is 6.89. The zero-order valence-corrected chi connectivity index (χ0v) is 16.0. The lowest BCUT2D eigenvalue weighted by atomic mass is 10.2. The molecule has 1 N–H and O–H groups in total. The second-order valence-corrected chi connectivity index (χ2v) is 6.90. The molecule has 0 spiro atoms. The lowest BCUT2D eigenvalue weighted by Crippen LogP contribution is -2.23. The molecule has 0 unspecified atom stereocenters. The Labute approximate surface area is 163 Å². The van der Waals surface area contributed by atoms with Crippen LogP contribution >= 0.6 is 0 Å². The van der Waals surface area contributed by atoms with Crippen LogP contribution in [-0.2, 0) is 17.8 Å². The molecule has 0 saturated carbocycles. The summed E-state index contributed by atoms with van der Waals surface area (Å²) >= 11 is 0. The van der Waals surface area contributed by atoms with Crippen LogP contribution in [0.2, 0.25) is 0 Å². The van der Waals surface area contributed by atoms with Crippen LogP contribution in [0.3, 0.4) is 0 Å². The third-order valence-corrected chi connectivity index (χ3v) is 4.97. The van der Waals surface area contributed by atoms with E-state index in [4.69, 9.17) is 4.74 Å². The minimum Gasteiger partial charge on any atom is -0.497 e. The van der Waals surface area contributed by atoms with Gasteiger partial charge in [0.15, 0.2) is 11.5 Å². The van der Waals surface area contributed by atoms with Gasteiger partial charge in [0.2, 0.25) is 5.91 Å². The normalized spacial score (nSPS) is 13.8. The number of hydrogen-bond acceptors (Lipinski definition) is 6. The minimum absolute atomic E-state index is 0.0248. The van der Waals surface area contributed by atoms with Gasteiger partial charge in [-0.25, -0.2) is 0 Å². The first-order valence-electron chi connectivity index (χ1n) is 9.59. The van der Waals surface area contributed by atoms with E-state index < -0.39 is 0 Å². The van der Waals surface area contributed by atoms with Gasteiger partial charge >= 0.3 is 0 Å². The van der Waals surface area contributed by atoms with Crippen LogP contribution in [0.25, 0.3) is 5.65 Å². The Morgan fingerprint density at radius 2 is 1.89 bits per heavy atom. The Morgan fingerprint density at radius 3 is 2.64 bits per heavy atom. The molecule has 4 rings (SSSR count). The van der Waals surface area contributed by atoms with Crippen LogP contribution in [0.15, 0.2) is 36.4 Å². The number of anilines is 1. The number of carbonyl (C=O) groups is 1. The molecule has 1 aliphatic rings. The predicted octanol–water partition coefficient (Wildman–Crippen LogP) is 1.98. The first-order chi connectivity index (χ1) is 13.7. The molecule has 28 heavy (non-hydrogen) atoms. The quantitative estimate of drug-likeness (QED) is 0.675. The number of nitrogens with zero attached hydrogens (tertiary/aromatic N) is 5. The monoisotopic (exact) mass is 380 g/mol. The Hall–Kier alpha value is -3.16. The molecule has 1 aliphatic heterocycles. The molecule has 1 saturated heterocycles. The van der Waals surface area contributed by atoms with Crippen molar-refractivity contribution in [2.75, 3.05) is 25.1 Å². The minimum atomic E-state index is -0.0248. The smallest absolute Gasteiger partial charge is 0.220 e. The fourth-order valence-corrected chi connectivity index (χ4v) is 3.35. The Bertz CT molecular complexity index is 947. The van der Waals surface area contributed by atoms with Crippen molar-refractivity contribution in [3.05, 3.63) is 47.8 Å². The molecule has 0 atom stereocenters. The highest BCUT2D eigenvalue weighted by molar-refractivity contribution is 5.76. The van der Waals surface area contributed by atoms with Crippen molar-refractivity contribution in [1.29, 1.82) is 0 Å². The van der Waals surface area contributed by atoms with Gasteiger partial charge in [-0.15, -0.1) is 15.3 Å². The van der Waals surface area contributed by atoms with Gasteiger partial charge in [0.1, 0.15) is 11.6 Å². The average molecular weight is 380 g/mol. The maximum atomic E-state index is 12.2. The van der Waals surface area contributed by atoms with Crippen molar-refractivity contribution < 1.29 is 9.53 Å². The van der Waals surface area contributed by atoms with Gasteiger partial charge in [-0.2, -0.15) is 4.52 Å². The second kappa shape index (κ2) is 8.24. The first kappa shape index (κ1) is 18.2. The number of nitrogens with one attached hydrogen (secondary N) is 1. The molecule has 0 radical (unpaired) electrons. The highest BCUT2D eigenvalue weighted by Crippen LogP contribution is 2.18. The molecular formula is C20H24N6O2. The molecule has 1 fully saturated rings. The van der Waals surface area contributed by atoms with Crippen LogP contribution in [0.4, 0.5) is 5.82 Å². The molecule has 1 amide bonds. The predicted molar refractivity (Wildman–Crippen MR) is 105 cm³/mol. The van der Waals surface area contributed by atoms with E-state index in [9.17, 15) is 4.79 Å². The number of amides is 1. The van der Waals surface area contributed by atoms with Gasteiger partial charge in [-0.05, 0) is 42.7 Å². The Morgan fingerprint density at radius 1 is 1.11 bits per heavy atom. The summed E-state index contributed by atoms with van der Waals surface area (Å²) in [5, 5.41) is 16.0. The molecule has 8 heteroatoms. The van der Waals surface area contributed by atoms with Crippen molar-refractivity contribution >= 4 is 17.4 Å². The van der Waals surface area contributed by atoms with Gasteiger partial charge in [0.05, 0.1) is 7.11 Å². The molecule has 3 heterocycles. The van der Waals surface area contributed by atoms with E-state index in [0.717, 1.165) is 30.2 Å². The van der Waals surface area contributed by atoms with Gasteiger partial charge in [-0.3, -0.25) is 4.79 Å². The van der Waals surface area contributed by atoms with Crippen LogP contribution in [0.1, 0.15) is 30.7 Å². The summed E-state index contributed by atoms with van der Waals surface area (Å²) in [6.07, 6.45) is 3.23. The van der Waals surface area contributed by atoms with Crippen molar-refractivity contribution in [2.24, 2.45) is 0 Å². The fourth-order valence-electron chi connectivity index (χ4n) is 3.35. The lowest BCUT2D eigenvalue weighted by molar-refractivity contribution is -0.121. The number of hydrogen-bond donors (Lipinski definition) is 1. The highest BCUT2D eigenvalue weighted by atomic mass is 16.5. The summed E-state index contributed by atoms with van der Waals surface area (Å²) in [7, 11) is 1.63. The molecule has 146 valence electrons. The van der Waals surface area contributed by atoms with E-state index in [2.05, 4.69) is 25.5 Å². The number of carbonyl (C=O) groups excluding carboxylic acids is 1. The van der Waals surface area contributed by atoms with E-state index in [-0.39, 0.29) is 5.91 Å². The number of aromatic nitrogens is 4.